The van der Waals surface area contributed by atoms with Crippen LogP contribution in [0.3, 0.4) is 0 Å². The van der Waals surface area contributed by atoms with Gasteiger partial charge in [0.1, 0.15) is 0 Å². The Morgan fingerprint density at radius 2 is 1.62 bits per heavy atom. The van der Waals surface area contributed by atoms with E-state index in [1.54, 1.807) is 0 Å². The van der Waals surface area contributed by atoms with Gasteiger partial charge in [0.25, 0.3) is 0 Å². The number of amides is 1. The molecule has 0 aliphatic carbocycles. The number of Topliss-reactive ketones (excluding diaryl/α,β-unsaturated/α-hetero) is 1. The summed E-state index contributed by atoms with van der Waals surface area (Å²) in [6.45, 7) is 3.78. The van der Waals surface area contributed by atoms with E-state index >= 15 is 0 Å². The zero-order valence-corrected chi connectivity index (χ0v) is 10.8. The molecule has 0 atom stereocenters. The van der Waals surface area contributed by atoms with Crippen LogP contribution in [0.1, 0.15) is 20.8 Å². The Hall–Kier alpha value is -0.590. The maximum Gasteiger partial charge on any atom is 0.471 e. The predicted octanol–water partition coefficient (Wildman–Crippen LogP) is 2.14. The van der Waals surface area contributed by atoms with Gasteiger partial charge in [-0.05, 0) is 20.8 Å². The first kappa shape index (κ1) is 15.4. The second-order valence-electron chi connectivity index (χ2n) is 4.23. The lowest BCUT2D eigenvalue weighted by Gasteiger charge is -2.35. The van der Waals surface area contributed by atoms with Crippen molar-refractivity contribution in [2.45, 2.75) is 32.5 Å². The molecule has 0 aromatic rings. The third-order valence-corrected chi connectivity index (χ3v) is 2.41. The molecule has 0 aliphatic rings. The summed E-state index contributed by atoms with van der Waals surface area (Å²) in [7, 11) is 0. The topological polar surface area (TPSA) is 37.4 Å². The molecule has 0 N–H and O–H groups in total. The van der Waals surface area contributed by atoms with Crippen molar-refractivity contribution < 1.29 is 22.8 Å². The monoisotopic (exact) mass is 303 g/mol. The van der Waals surface area contributed by atoms with Crippen LogP contribution in [0.4, 0.5) is 13.2 Å². The minimum absolute atomic E-state index is 0.0787. The molecular weight excluding hydrogens is 291 g/mol. The van der Waals surface area contributed by atoms with E-state index in [0.717, 1.165) is 0 Å². The van der Waals surface area contributed by atoms with Crippen LogP contribution >= 0.6 is 15.9 Å². The van der Waals surface area contributed by atoms with E-state index in [4.69, 9.17) is 0 Å². The van der Waals surface area contributed by atoms with Gasteiger partial charge in [0.05, 0.1) is 11.9 Å². The second kappa shape index (κ2) is 5.16. The SMILES string of the molecule is CC(C)(C)N(CC(=O)CBr)C(=O)C(F)(F)F. The Morgan fingerprint density at radius 1 is 1.19 bits per heavy atom. The number of nitrogens with zero attached hydrogens (tertiary/aromatic N) is 1. The highest BCUT2D eigenvalue weighted by atomic mass is 79.9. The van der Waals surface area contributed by atoms with Crippen molar-refractivity contribution in [2.24, 2.45) is 0 Å². The zero-order valence-electron chi connectivity index (χ0n) is 9.19. The van der Waals surface area contributed by atoms with Crippen molar-refractivity contribution in [3.63, 3.8) is 0 Å². The lowest BCUT2D eigenvalue weighted by Crippen LogP contribution is -2.53. The fraction of sp³-hybridized carbons (Fsp3) is 0.778. The summed E-state index contributed by atoms with van der Waals surface area (Å²) in [6, 6.07) is 0. The Morgan fingerprint density at radius 3 is 1.88 bits per heavy atom. The summed E-state index contributed by atoms with van der Waals surface area (Å²) in [5.41, 5.74) is -1.05. The Bertz CT molecular complexity index is 283. The molecule has 0 fully saturated rings. The summed E-state index contributed by atoms with van der Waals surface area (Å²) >= 11 is 2.84. The molecule has 7 heteroatoms. The molecule has 16 heavy (non-hydrogen) atoms. The van der Waals surface area contributed by atoms with E-state index in [2.05, 4.69) is 15.9 Å². The lowest BCUT2D eigenvalue weighted by molar-refractivity contribution is -0.190. The van der Waals surface area contributed by atoms with Gasteiger partial charge in [-0.3, -0.25) is 9.59 Å². The summed E-state index contributed by atoms with van der Waals surface area (Å²) in [5, 5.41) is -0.0787. The van der Waals surface area contributed by atoms with Gasteiger partial charge >= 0.3 is 12.1 Å². The van der Waals surface area contributed by atoms with Crippen molar-refractivity contribution in [1.82, 2.24) is 4.90 Å². The minimum atomic E-state index is -4.96. The van der Waals surface area contributed by atoms with E-state index in [-0.39, 0.29) is 5.33 Å². The summed E-state index contributed by atoms with van der Waals surface area (Å²) < 4.78 is 36.8. The number of hydrogen-bond donors (Lipinski definition) is 0. The van der Waals surface area contributed by atoms with E-state index < -0.39 is 30.0 Å². The molecule has 1 amide bonds. The summed E-state index contributed by atoms with van der Waals surface area (Å²) in [4.78, 5) is 22.7. The number of rotatable bonds is 3. The number of halogens is 4. The maximum atomic E-state index is 12.3. The summed E-state index contributed by atoms with van der Waals surface area (Å²) in [6.07, 6.45) is -4.96. The average Bonchev–Trinajstić information content (AvgIpc) is 2.09. The molecule has 0 radical (unpaired) electrons. The molecule has 0 bridgehead atoms. The first-order valence-electron chi connectivity index (χ1n) is 4.46. The van der Waals surface area contributed by atoms with Crippen LogP contribution in [0, 0.1) is 0 Å². The lowest BCUT2D eigenvalue weighted by atomic mass is 10.1. The van der Waals surface area contributed by atoms with E-state index in [0.29, 0.717) is 4.90 Å². The van der Waals surface area contributed by atoms with Crippen molar-refractivity contribution >= 4 is 27.6 Å². The van der Waals surface area contributed by atoms with Crippen LogP contribution in [0.15, 0.2) is 0 Å². The highest BCUT2D eigenvalue weighted by Gasteiger charge is 2.46. The first-order valence-corrected chi connectivity index (χ1v) is 5.58. The quantitative estimate of drug-likeness (QED) is 0.749. The molecule has 0 spiro atoms. The van der Waals surface area contributed by atoms with E-state index in [9.17, 15) is 22.8 Å². The van der Waals surface area contributed by atoms with Gasteiger partial charge in [-0.1, -0.05) is 15.9 Å². The zero-order chi connectivity index (χ0) is 13.1. The van der Waals surface area contributed by atoms with Crippen molar-refractivity contribution in [1.29, 1.82) is 0 Å². The van der Waals surface area contributed by atoms with Crippen LogP contribution in [0.2, 0.25) is 0 Å². The van der Waals surface area contributed by atoms with Crippen LogP contribution in [0.5, 0.6) is 0 Å². The molecule has 0 saturated heterocycles. The standard InChI is InChI=1S/C9H13BrF3NO2/c1-8(2,3)14(5-6(15)4-10)7(16)9(11,12)13/h4-5H2,1-3H3. The van der Waals surface area contributed by atoms with Crippen molar-refractivity contribution in [3.8, 4) is 0 Å². The highest BCUT2D eigenvalue weighted by Crippen LogP contribution is 2.24. The Kier molecular flexibility index (Phi) is 4.97. The van der Waals surface area contributed by atoms with Crippen LogP contribution in [-0.4, -0.2) is 40.2 Å². The van der Waals surface area contributed by atoms with Crippen molar-refractivity contribution in [3.05, 3.63) is 0 Å². The normalized spacial score (nSPS) is 12.4. The average molecular weight is 304 g/mol. The maximum absolute atomic E-state index is 12.3. The highest BCUT2D eigenvalue weighted by molar-refractivity contribution is 9.09. The molecule has 0 rings (SSSR count). The molecular formula is C9H13BrF3NO2. The van der Waals surface area contributed by atoms with Gasteiger partial charge in [0.2, 0.25) is 0 Å². The molecule has 3 nitrogen and oxygen atoms in total. The van der Waals surface area contributed by atoms with Crippen LogP contribution < -0.4 is 0 Å². The smallest absolute Gasteiger partial charge is 0.323 e. The fourth-order valence-corrected chi connectivity index (χ4v) is 1.16. The predicted molar refractivity (Wildman–Crippen MR) is 56.3 cm³/mol. The largest absolute Gasteiger partial charge is 0.471 e. The first-order chi connectivity index (χ1) is 7.00. The van der Waals surface area contributed by atoms with E-state index in [1.807, 2.05) is 0 Å². The van der Waals surface area contributed by atoms with Gasteiger partial charge in [-0.15, -0.1) is 0 Å². The van der Waals surface area contributed by atoms with Gasteiger partial charge in [0, 0.05) is 5.54 Å². The molecule has 0 aromatic heterocycles. The van der Waals surface area contributed by atoms with Crippen LogP contribution in [-0.2, 0) is 9.59 Å². The Balaban J connectivity index is 4.98. The molecule has 0 unspecified atom stereocenters. The Labute approximate surface area is 100 Å². The van der Waals surface area contributed by atoms with E-state index in [1.165, 1.54) is 20.8 Å². The molecule has 0 saturated carbocycles. The van der Waals surface area contributed by atoms with Gasteiger partial charge in [-0.25, -0.2) is 0 Å². The number of ketones is 1. The number of carbonyl (C=O) groups is 2. The van der Waals surface area contributed by atoms with Gasteiger partial charge in [-0.2, -0.15) is 13.2 Å². The van der Waals surface area contributed by atoms with Crippen molar-refractivity contribution in [2.75, 3.05) is 11.9 Å². The molecule has 94 valence electrons. The molecule has 0 heterocycles. The second-order valence-corrected chi connectivity index (χ2v) is 4.79. The third kappa shape index (κ3) is 4.51. The molecule has 0 aromatic carbocycles. The number of alkyl halides is 4. The number of hydrogen-bond acceptors (Lipinski definition) is 2. The fourth-order valence-electron chi connectivity index (χ4n) is 0.985. The van der Waals surface area contributed by atoms with Crippen LogP contribution in [0.25, 0.3) is 0 Å². The number of carbonyl (C=O) groups excluding carboxylic acids is 2. The minimum Gasteiger partial charge on any atom is -0.323 e. The van der Waals surface area contributed by atoms with Gasteiger partial charge < -0.3 is 4.90 Å². The molecule has 0 aliphatic heterocycles. The van der Waals surface area contributed by atoms with Gasteiger partial charge in [0.15, 0.2) is 5.78 Å². The summed E-state index contributed by atoms with van der Waals surface area (Å²) in [5.74, 6) is -2.47. The third-order valence-electron chi connectivity index (χ3n) is 1.78.